The Morgan fingerprint density at radius 1 is 0.912 bits per heavy atom. The first kappa shape index (κ1) is 25.8. The zero-order chi connectivity index (χ0) is 25.2. The molecule has 0 fully saturated rings. The van der Waals surface area contributed by atoms with E-state index in [9.17, 15) is 19.2 Å². The van der Waals surface area contributed by atoms with Crippen molar-refractivity contribution in [1.82, 2.24) is 9.13 Å². The zero-order valence-corrected chi connectivity index (χ0v) is 20.8. The van der Waals surface area contributed by atoms with Crippen molar-refractivity contribution in [3.63, 3.8) is 0 Å². The highest BCUT2D eigenvalue weighted by Crippen LogP contribution is 2.23. The van der Waals surface area contributed by atoms with Crippen molar-refractivity contribution in [3.8, 4) is 0 Å². The molecule has 8 nitrogen and oxygen atoms in total. The Bertz CT molecular complexity index is 1390. The average molecular weight is 528 g/mol. The molecule has 1 heterocycles. The highest BCUT2D eigenvalue weighted by Gasteiger charge is 2.23. The number of benzene rings is 2. The summed E-state index contributed by atoms with van der Waals surface area (Å²) in [5.41, 5.74) is -1.26. The fourth-order valence-corrected chi connectivity index (χ4v) is 3.54. The van der Waals surface area contributed by atoms with E-state index < -0.39 is 41.9 Å². The van der Waals surface area contributed by atoms with Crippen LogP contribution in [0.5, 0.6) is 0 Å². The number of hydrogen-bond acceptors (Lipinski definition) is 6. The predicted octanol–water partition coefficient (Wildman–Crippen LogP) is 4.26. The van der Waals surface area contributed by atoms with Gasteiger partial charge in [-0.15, -0.1) is 0 Å². The number of hydrogen-bond donors (Lipinski definition) is 0. The molecular weight excluding hydrogens is 507 g/mol. The summed E-state index contributed by atoms with van der Waals surface area (Å²) in [5.74, 6) is -1.50. The van der Waals surface area contributed by atoms with Gasteiger partial charge in [-0.05, 0) is 56.7 Å². The van der Waals surface area contributed by atoms with Crippen LogP contribution in [0.15, 0.2) is 46.0 Å². The van der Waals surface area contributed by atoms with E-state index in [2.05, 4.69) is 0 Å². The van der Waals surface area contributed by atoms with Crippen LogP contribution in [0.25, 0.3) is 10.9 Å². The molecule has 0 bridgehead atoms. The predicted molar refractivity (Wildman–Crippen MR) is 130 cm³/mol. The summed E-state index contributed by atoms with van der Waals surface area (Å²) >= 11 is 18.1. The van der Waals surface area contributed by atoms with Crippen LogP contribution in [0.3, 0.4) is 0 Å². The number of halogens is 3. The van der Waals surface area contributed by atoms with Crippen molar-refractivity contribution in [1.29, 1.82) is 0 Å². The van der Waals surface area contributed by atoms with Crippen molar-refractivity contribution in [2.75, 3.05) is 6.79 Å². The van der Waals surface area contributed by atoms with E-state index in [-0.39, 0.29) is 17.0 Å². The molecule has 0 amide bonds. The van der Waals surface area contributed by atoms with Crippen molar-refractivity contribution in [2.45, 2.75) is 33.9 Å². The van der Waals surface area contributed by atoms with Crippen molar-refractivity contribution in [2.24, 2.45) is 5.41 Å². The first-order chi connectivity index (χ1) is 15.9. The molecule has 3 aromatic rings. The molecule has 0 radical (unpaired) electrons. The number of aromatic nitrogens is 2. The van der Waals surface area contributed by atoms with Crippen molar-refractivity contribution < 1.29 is 19.1 Å². The van der Waals surface area contributed by atoms with Gasteiger partial charge >= 0.3 is 17.6 Å². The maximum absolute atomic E-state index is 13.2. The molecular formula is C23H21Cl3N2O6. The maximum atomic E-state index is 13.2. The van der Waals surface area contributed by atoms with Gasteiger partial charge in [-0.1, -0.05) is 40.9 Å². The zero-order valence-electron chi connectivity index (χ0n) is 18.6. The lowest BCUT2D eigenvalue weighted by Crippen LogP contribution is -2.42. The molecule has 2 aromatic carbocycles. The smallest absolute Gasteiger partial charge is 0.332 e. The van der Waals surface area contributed by atoms with Crippen LogP contribution in [0.2, 0.25) is 15.1 Å². The van der Waals surface area contributed by atoms with Gasteiger partial charge in [-0.25, -0.2) is 9.36 Å². The molecule has 0 aliphatic carbocycles. The third-order valence-electron chi connectivity index (χ3n) is 4.82. The molecule has 0 saturated heterocycles. The number of rotatable bonds is 6. The van der Waals surface area contributed by atoms with Gasteiger partial charge in [0.25, 0.3) is 5.56 Å². The molecule has 0 saturated carbocycles. The summed E-state index contributed by atoms with van der Waals surface area (Å²) in [4.78, 5) is 50.4. The Kier molecular flexibility index (Phi) is 7.75. The first-order valence-corrected chi connectivity index (χ1v) is 11.2. The number of nitrogens with zero attached hydrogens (tertiary/aromatic N) is 2. The second kappa shape index (κ2) is 10.2. The minimum Gasteiger partial charge on any atom is -0.427 e. The summed E-state index contributed by atoms with van der Waals surface area (Å²) in [7, 11) is 0. The molecule has 0 N–H and O–H groups in total. The van der Waals surface area contributed by atoms with Crippen LogP contribution in [0, 0.1) is 5.41 Å². The second-order valence-corrected chi connectivity index (χ2v) is 9.74. The number of carbonyl (C=O) groups excluding carboxylic acids is 2. The summed E-state index contributed by atoms with van der Waals surface area (Å²) in [6.45, 7) is 3.66. The fraction of sp³-hybridized carbons (Fsp3) is 0.304. The van der Waals surface area contributed by atoms with Gasteiger partial charge in [-0.2, -0.15) is 0 Å². The quantitative estimate of drug-likeness (QED) is 0.351. The summed E-state index contributed by atoms with van der Waals surface area (Å²) < 4.78 is 11.8. The Balaban J connectivity index is 1.96. The lowest BCUT2D eigenvalue weighted by molar-refractivity contribution is -0.173. The Morgan fingerprint density at radius 3 is 2.26 bits per heavy atom. The van der Waals surface area contributed by atoms with E-state index >= 15 is 0 Å². The number of esters is 2. The average Bonchev–Trinajstić information content (AvgIpc) is 2.76. The number of fused-ring (bicyclic) bond motifs is 1. The van der Waals surface area contributed by atoms with Crippen LogP contribution in [0.1, 0.15) is 26.3 Å². The largest absolute Gasteiger partial charge is 0.427 e. The van der Waals surface area contributed by atoms with Crippen LogP contribution in [-0.4, -0.2) is 27.9 Å². The number of carbonyl (C=O) groups is 2. The molecule has 1 aromatic heterocycles. The fourth-order valence-electron chi connectivity index (χ4n) is 3.05. The van der Waals surface area contributed by atoms with E-state index in [0.717, 1.165) is 4.57 Å². The summed E-state index contributed by atoms with van der Waals surface area (Å²) in [6.07, 6.45) is 0. The number of ether oxygens (including phenoxy) is 2. The van der Waals surface area contributed by atoms with Crippen molar-refractivity contribution in [3.05, 3.63) is 77.9 Å². The molecule has 0 aliphatic rings. The van der Waals surface area contributed by atoms with Crippen LogP contribution in [0.4, 0.5) is 0 Å². The SMILES string of the molecule is CC(C)(C)C(=O)OCOC(=O)Cn1c(=O)c2cc(Cl)ccc2n(Cc2ccc(Cl)c(Cl)c2)c1=O. The van der Waals surface area contributed by atoms with E-state index in [1.54, 1.807) is 51.1 Å². The highest BCUT2D eigenvalue weighted by atomic mass is 35.5. The minimum absolute atomic E-state index is 0.0480. The van der Waals surface area contributed by atoms with Crippen LogP contribution >= 0.6 is 34.8 Å². The second-order valence-electron chi connectivity index (χ2n) is 8.49. The van der Waals surface area contributed by atoms with E-state index in [1.807, 2.05) is 0 Å². The molecule has 0 aliphatic heterocycles. The van der Waals surface area contributed by atoms with Gasteiger partial charge in [0.15, 0.2) is 0 Å². The van der Waals surface area contributed by atoms with Gasteiger partial charge in [0, 0.05) is 5.02 Å². The van der Waals surface area contributed by atoms with E-state index in [1.165, 1.54) is 10.6 Å². The third-order valence-corrected chi connectivity index (χ3v) is 5.80. The standard InChI is InChI=1S/C23H21Cl3N2O6/c1-23(2,3)21(31)34-12-33-19(29)11-28-20(30)15-9-14(24)5-7-18(15)27(22(28)32)10-13-4-6-16(25)17(26)8-13/h4-9H,10-12H2,1-3H3. The van der Waals surface area contributed by atoms with E-state index in [4.69, 9.17) is 44.3 Å². The highest BCUT2D eigenvalue weighted by molar-refractivity contribution is 6.42. The topological polar surface area (TPSA) is 96.6 Å². The Labute approximate surface area is 209 Å². The summed E-state index contributed by atoms with van der Waals surface area (Å²) in [5, 5.41) is 1.09. The van der Waals surface area contributed by atoms with Crippen molar-refractivity contribution >= 4 is 57.6 Å². The molecule has 0 unspecified atom stereocenters. The Hall–Kier alpha value is -2.81. The van der Waals surface area contributed by atoms with Crippen LogP contribution in [-0.2, 0) is 32.2 Å². The minimum atomic E-state index is -0.927. The van der Waals surface area contributed by atoms with Crippen LogP contribution < -0.4 is 11.2 Å². The lowest BCUT2D eigenvalue weighted by Gasteiger charge is -2.17. The Morgan fingerprint density at radius 2 is 1.62 bits per heavy atom. The molecule has 34 heavy (non-hydrogen) atoms. The lowest BCUT2D eigenvalue weighted by atomic mass is 9.98. The summed E-state index contributed by atoms with van der Waals surface area (Å²) in [6, 6.07) is 9.40. The van der Waals surface area contributed by atoms with Gasteiger partial charge in [-0.3, -0.25) is 19.0 Å². The molecule has 11 heteroatoms. The molecule has 3 rings (SSSR count). The van der Waals surface area contributed by atoms with Gasteiger partial charge in [0.1, 0.15) is 6.54 Å². The van der Waals surface area contributed by atoms with Gasteiger partial charge < -0.3 is 9.47 Å². The normalized spacial score (nSPS) is 11.5. The molecule has 180 valence electrons. The van der Waals surface area contributed by atoms with Gasteiger partial charge in [0.2, 0.25) is 6.79 Å². The molecule has 0 atom stereocenters. The third kappa shape index (κ3) is 5.81. The van der Waals surface area contributed by atoms with Gasteiger partial charge in [0.05, 0.1) is 32.9 Å². The first-order valence-electron chi connectivity index (χ1n) is 10.1. The maximum Gasteiger partial charge on any atom is 0.332 e. The monoisotopic (exact) mass is 526 g/mol. The molecule has 0 spiro atoms. The van der Waals surface area contributed by atoms with E-state index in [0.29, 0.717) is 21.1 Å².